The summed E-state index contributed by atoms with van der Waals surface area (Å²) in [6, 6.07) is 12.5. The summed E-state index contributed by atoms with van der Waals surface area (Å²) in [6.45, 7) is 1.35. The molecule has 0 bridgehead atoms. The first-order chi connectivity index (χ1) is 12.0. The first-order valence-electron chi connectivity index (χ1n) is 7.51. The van der Waals surface area contributed by atoms with Crippen molar-refractivity contribution in [2.75, 3.05) is 10.6 Å². The number of nitrogens with one attached hydrogen (secondary N) is 2. The zero-order valence-electron chi connectivity index (χ0n) is 13.4. The van der Waals surface area contributed by atoms with Gasteiger partial charge in [-0.1, -0.05) is 0 Å². The topological polar surface area (TPSA) is 76.0 Å². The van der Waals surface area contributed by atoms with E-state index in [2.05, 4.69) is 15.7 Å². The van der Waals surface area contributed by atoms with E-state index in [1.165, 1.54) is 25.1 Å². The lowest BCUT2D eigenvalue weighted by atomic mass is 10.2. The molecule has 25 heavy (non-hydrogen) atoms. The van der Waals surface area contributed by atoms with Crippen LogP contribution in [-0.2, 0) is 4.79 Å². The van der Waals surface area contributed by atoms with Gasteiger partial charge in [-0.15, -0.1) is 0 Å². The summed E-state index contributed by atoms with van der Waals surface area (Å²) in [4.78, 5) is 23.4. The van der Waals surface area contributed by atoms with E-state index in [4.69, 9.17) is 0 Å². The van der Waals surface area contributed by atoms with Gasteiger partial charge < -0.3 is 10.6 Å². The van der Waals surface area contributed by atoms with E-state index in [1.807, 2.05) is 0 Å². The van der Waals surface area contributed by atoms with E-state index in [1.54, 1.807) is 47.4 Å². The van der Waals surface area contributed by atoms with Crippen molar-refractivity contribution in [2.24, 2.45) is 0 Å². The number of amides is 2. The number of benzene rings is 2. The minimum atomic E-state index is -0.587. The van der Waals surface area contributed by atoms with Crippen molar-refractivity contribution in [3.05, 3.63) is 72.3 Å². The Morgan fingerprint density at radius 3 is 2.48 bits per heavy atom. The molecule has 0 unspecified atom stereocenters. The van der Waals surface area contributed by atoms with Gasteiger partial charge in [0.25, 0.3) is 5.91 Å². The van der Waals surface area contributed by atoms with E-state index in [0.717, 1.165) is 5.69 Å². The third-order valence-electron chi connectivity index (χ3n) is 3.43. The van der Waals surface area contributed by atoms with E-state index >= 15 is 0 Å². The van der Waals surface area contributed by atoms with Crippen molar-refractivity contribution < 1.29 is 14.0 Å². The summed E-state index contributed by atoms with van der Waals surface area (Å²) in [5, 5.41) is 9.15. The highest BCUT2D eigenvalue weighted by atomic mass is 19.1. The van der Waals surface area contributed by atoms with Crippen molar-refractivity contribution in [3.63, 3.8) is 0 Å². The molecule has 2 aromatic carbocycles. The van der Waals surface area contributed by atoms with Gasteiger partial charge in [0, 0.05) is 30.6 Å². The molecule has 0 saturated carbocycles. The molecule has 0 spiro atoms. The van der Waals surface area contributed by atoms with Crippen molar-refractivity contribution in [1.29, 1.82) is 0 Å². The van der Waals surface area contributed by atoms with Gasteiger partial charge in [-0.25, -0.2) is 9.07 Å². The Labute approximate surface area is 143 Å². The molecule has 1 heterocycles. The second-order valence-electron chi connectivity index (χ2n) is 5.33. The Hall–Kier alpha value is -3.48. The molecule has 2 N–H and O–H groups in total. The van der Waals surface area contributed by atoms with Gasteiger partial charge in [-0.05, 0) is 48.5 Å². The van der Waals surface area contributed by atoms with Gasteiger partial charge in [0.15, 0.2) is 0 Å². The van der Waals surface area contributed by atoms with E-state index in [-0.39, 0.29) is 11.6 Å². The predicted molar refractivity (Wildman–Crippen MR) is 92.2 cm³/mol. The maximum Gasteiger partial charge on any atom is 0.255 e. The first kappa shape index (κ1) is 16.4. The summed E-state index contributed by atoms with van der Waals surface area (Å²) in [6.07, 6.45) is 3.45. The van der Waals surface area contributed by atoms with Crippen LogP contribution >= 0.6 is 0 Å². The van der Waals surface area contributed by atoms with Crippen LogP contribution in [0.15, 0.2) is 60.9 Å². The molecule has 126 valence electrons. The largest absolute Gasteiger partial charge is 0.326 e. The van der Waals surface area contributed by atoms with Gasteiger partial charge >= 0.3 is 0 Å². The third-order valence-corrected chi connectivity index (χ3v) is 3.43. The number of anilines is 2. The van der Waals surface area contributed by atoms with Crippen molar-refractivity contribution in [3.8, 4) is 5.69 Å². The summed E-state index contributed by atoms with van der Waals surface area (Å²) < 4.78 is 15.6. The molecule has 3 rings (SSSR count). The average molecular weight is 338 g/mol. The number of aromatic nitrogens is 2. The van der Waals surface area contributed by atoms with Crippen LogP contribution in [0.25, 0.3) is 5.69 Å². The van der Waals surface area contributed by atoms with E-state index < -0.39 is 11.7 Å². The van der Waals surface area contributed by atoms with Crippen molar-refractivity contribution >= 4 is 23.2 Å². The van der Waals surface area contributed by atoms with Gasteiger partial charge in [-0.3, -0.25) is 9.59 Å². The molecule has 0 aliphatic rings. The summed E-state index contributed by atoms with van der Waals surface area (Å²) in [7, 11) is 0. The predicted octanol–water partition coefficient (Wildman–Crippen LogP) is 3.22. The lowest BCUT2D eigenvalue weighted by Crippen LogP contribution is -2.14. The normalized spacial score (nSPS) is 10.3. The molecule has 0 aliphatic heterocycles. The Balaban J connectivity index is 1.77. The summed E-state index contributed by atoms with van der Waals surface area (Å²) in [5.74, 6) is -1.32. The van der Waals surface area contributed by atoms with E-state index in [0.29, 0.717) is 11.3 Å². The van der Waals surface area contributed by atoms with Gasteiger partial charge in [0.05, 0.1) is 11.4 Å². The van der Waals surface area contributed by atoms with Crippen LogP contribution in [0, 0.1) is 5.82 Å². The highest BCUT2D eigenvalue weighted by Crippen LogP contribution is 2.20. The van der Waals surface area contributed by atoms with E-state index in [9.17, 15) is 14.0 Å². The fourth-order valence-electron chi connectivity index (χ4n) is 2.28. The zero-order chi connectivity index (χ0) is 17.8. The Kier molecular flexibility index (Phi) is 4.56. The number of halogens is 1. The number of carbonyl (C=O) groups is 2. The Bertz CT molecular complexity index is 905. The molecular formula is C18H15FN4O2. The molecule has 0 fully saturated rings. The maximum atomic E-state index is 13.9. The lowest BCUT2D eigenvalue weighted by molar-refractivity contribution is -0.114. The second-order valence-corrected chi connectivity index (χ2v) is 5.33. The maximum absolute atomic E-state index is 13.9. The molecule has 0 atom stereocenters. The fourth-order valence-corrected chi connectivity index (χ4v) is 2.28. The van der Waals surface area contributed by atoms with Gasteiger partial charge in [0.2, 0.25) is 5.91 Å². The molecule has 0 saturated heterocycles. The Morgan fingerprint density at radius 1 is 1.08 bits per heavy atom. The molecule has 2 amide bonds. The molecule has 7 heteroatoms. The van der Waals surface area contributed by atoms with Crippen LogP contribution in [-0.4, -0.2) is 21.6 Å². The standard InChI is InChI=1S/C18H15FN4O2/c1-12(24)21-14-5-8-16(19)17(11-14)22-18(25)13-3-6-15(7-4-13)23-10-2-9-20-23/h2-11H,1H3,(H,21,24)(H,22,25). The average Bonchev–Trinajstić information content (AvgIpc) is 3.12. The molecule has 6 nitrogen and oxygen atoms in total. The van der Waals surface area contributed by atoms with Crippen molar-refractivity contribution in [1.82, 2.24) is 9.78 Å². The number of carbonyl (C=O) groups excluding carboxylic acids is 2. The number of hydrogen-bond acceptors (Lipinski definition) is 3. The van der Waals surface area contributed by atoms with Crippen LogP contribution in [0.5, 0.6) is 0 Å². The Morgan fingerprint density at radius 2 is 1.84 bits per heavy atom. The number of hydrogen-bond donors (Lipinski definition) is 2. The minimum absolute atomic E-state index is 0.00703. The zero-order valence-corrected chi connectivity index (χ0v) is 13.4. The van der Waals surface area contributed by atoms with Crippen LogP contribution in [0.4, 0.5) is 15.8 Å². The minimum Gasteiger partial charge on any atom is -0.326 e. The number of nitrogens with zero attached hydrogens (tertiary/aromatic N) is 2. The van der Waals surface area contributed by atoms with Gasteiger partial charge in [0.1, 0.15) is 5.82 Å². The molecule has 0 radical (unpaired) electrons. The highest BCUT2D eigenvalue weighted by molar-refractivity contribution is 6.04. The first-order valence-corrected chi connectivity index (χ1v) is 7.51. The third kappa shape index (κ3) is 3.89. The molecule has 1 aromatic heterocycles. The SMILES string of the molecule is CC(=O)Nc1ccc(F)c(NC(=O)c2ccc(-n3cccn3)cc2)c1. The fraction of sp³-hybridized carbons (Fsp3) is 0.0556. The lowest BCUT2D eigenvalue weighted by Gasteiger charge is -2.10. The van der Waals surface area contributed by atoms with Crippen molar-refractivity contribution in [2.45, 2.75) is 6.92 Å². The summed E-state index contributed by atoms with van der Waals surface area (Å²) in [5.41, 5.74) is 1.58. The van der Waals surface area contributed by atoms with Crippen LogP contribution in [0.1, 0.15) is 17.3 Å². The molecule has 0 aliphatic carbocycles. The molecular weight excluding hydrogens is 323 g/mol. The molecule has 3 aromatic rings. The monoisotopic (exact) mass is 338 g/mol. The summed E-state index contributed by atoms with van der Waals surface area (Å²) >= 11 is 0. The van der Waals surface area contributed by atoms with Gasteiger partial charge in [-0.2, -0.15) is 5.10 Å². The van der Waals surface area contributed by atoms with Crippen LogP contribution < -0.4 is 10.6 Å². The smallest absolute Gasteiger partial charge is 0.255 e. The van der Waals surface area contributed by atoms with Crippen LogP contribution in [0.2, 0.25) is 0 Å². The highest BCUT2D eigenvalue weighted by Gasteiger charge is 2.11. The second kappa shape index (κ2) is 6.96. The number of rotatable bonds is 4. The van der Waals surface area contributed by atoms with Crippen LogP contribution in [0.3, 0.4) is 0 Å². The quantitative estimate of drug-likeness (QED) is 0.767.